The first kappa shape index (κ1) is 19.8. The fourth-order valence-electron chi connectivity index (χ4n) is 3.81. The number of hydrogen-bond acceptors (Lipinski definition) is 5. The smallest absolute Gasteiger partial charge is 0.162 e. The van der Waals surface area contributed by atoms with Gasteiger partial charge in [0.2, 0.25) is 0 Å². The summed E-state index contributed by atoms with van der Waals surface area (Å²) in [4.78, 5) is 14.4. The highest BCUT2D eigenvalue weighted by atomic mass is 16.5. The summed E-state index contributed by atoms with van der Waals surface area (Å²) in [6, 6.07) is 25.8. The van der Waals surface area contributed by atoms with Crippen molar-refractivity contribution in [3.8, 4) is 17.1 Å². The lowest BCUT2D eigenvalue weighted by Gasteiger charge is -2.21. The van der Waals surface area contributed by atoms with E-state index >= 15 is 0 Å². The molecular weight excluding hydrogens is 398 g/mol. The van der Waals surface area contributed by atoms with Crippen molar-refractivity contribution in [2.24, 2.45) is 7.05 Å². The van der Waals surface area contributed by atoms with E-state index in [1.54, 1.807) is 13.3 Å². The van der Waals surface area contributed by atoms with E-state index in [0.717, 1.165) is 39.4 Å². The summed E-state index contributed by atoms with van der Waals surface area (Å²) < 4.78 is 7.48. The van der Waals surface area contributed by atoms with Crippen LogP contribution in [0.1, 0.15) is 17.4 Å². The second-order valence-corrected chi connectivity index (χ2v) is 7.53. The van der Waals surface area contributed by atoms with Gasteiger partial charge in [0.25, 0.3) is 0 Å². The number of nitrogens with one attached hydrogen (secondary N) is 1. The van der Waals surface area contributed by atoms with Gasteiger partial charge in [0.05, 0.1) is 12.6 Å². The molecule has 0 aliphatic rings. The lowest BCUT2D eigenvalue weighted by molar-refractivity contribution is 0.414. The van der Waals surface area contributed by atoms with E-state index in [2.05, 4.69) is 16.4 Å². The van der Waals surface area contributed by atoms with Crippen LogP contribution in [0.3, 0.4) is 0 Å². The summed E-state index contributed by atoms with van der Waals surface area (Å²) in [5.41, 5.74) is 2.88. The zero-order valence-corrected chi connectivity index (χ0v) is 17.9. The molecule has 0 amide bonds. The predicted molar refractivity (Wildman–Crippen MR) is 127 cm³/mol. The Kier molecular flexibility index (Phi) is 5.25. The van der Waals surface area contributed by atoms with Gasteiger partial charge >= 0.3 is 0 Å². The van der Waals surface area contributed by atoms with E-state index in [1.165, 1.54) is 0 Å². The molecule has 1 atom stereocenters. The van der Waals surface area contributed by atoms with Gasteiger partial charge in [0.1, 0.15) is 23.4 Å². The van der Waals surface area contributed by atoms with Crippen molar-refractivity contribution in [2.75, 3.05) is 12.4 Å². The van der Waals surface area contributed by atoms with Crippen LogP contribution in [0.15, 0.2) is 91.3 Å². The van der Waals surface area contributed by atoms with Crippen LogP contribution in [0.25, 0.3) is 22.3 Å². The lowest BCUT2D eigenvalue weighted by atomic mass is 10.0. The molecule has 0 bridgehead atoms. The molecule has 5 aromatic rings. The number of aromatic nitrogens is 4. The zero-order valence-electron chi connectivity index (χ0n) is 17.9. The maximum absolute atomic E-state index is 5.47. The molecule has 1 N–H and O–H groups in total. The third-order valence-corrected chi connectivity index (χ3v) is 5.46. The maximum Gasteiger partial charge on any atom is 0.162 e. The standard InChI is InChI=1S/C26H23N5O/c1-31-16-15-27-26(31)23(19-11-8-12-20(17-19)32-2)29-25-21-13-6-7-14-22(21)28-24(30-25)18-9-4-3-5-10-18/h3-17,23H,1-2H3,(H,28,29,30)/t23-/m1/s1. The van der Waals surface area contributed by atoms with Gasteiger partial charge in [-0.15, -0.1) is 0 Å². The highest BCUT2D eigenvalue weighted by molar-refractivity contribution is 5.90. The Morgan fingerprint density at radius 2 is 1.72 bits per heavy atom. The van der Waals surface area contributed by atoms with Crippen LogP contribution in [0, 0.1) is 0 Å². The number of imidazole rings is 1. The average molecular weight is 422 g/mol. The Bertz CT molecular complexity index is 1360. The normalized spacial score (nSPS) is 11.9. The Morgan fingerprint density at radius 1 is 0.906 bits per heavy atom. The quantitative estimate of drug-likeness (QED) is 0.406. The summed E-state index contributed by atoms with van der Waals surface area (Å²) in [5, 5.41) is 4.61. The average Bonchev–Trinajstić information content (AvgIpc) is 3.28. The number of anilines is 1. The third kappa shape index (κ3) is 3.78. The molecule has 0 aliphatic carbocycles. The van der Waals surface area contributed by atoms with Crippen LogP contribution in [0.2, 0.25) is 0 Å². The zero-order chi connectivity index (χ0) is 21.9. The molecule has 6 heteroatoms. The van der Waals surface area contributed by atoms with Gasteiger partial charge in [-0.05, 0) is 29.8 Å². The molecule has 32 heavy (non-hydrogen) atoms. The first-order valence-corrected chi connectivity index (χ1v) is 10.4. The lowest BCUT2D eigenvalue weighted by Crippen LogP contribution is -2.18. The largest absolute Gasteiger partial charge is 0.497 e. The van der Waals surface area contributed by atoms with E-state index in [-0.39, 0.29) is 6.04 Å². The fourth-order valence-corrected chi connectivity index (χ4v) is 3.81. The van der Waals surface area contributed by atoms with E-state index in [4.69, 9.17) is 14.7 Å². The summed E-state index contributed by atoms with van der Waals surface area (Å²) in [6.07, 6.45) is 3.75. The third-order valence-electron chi connectivity index (χ3n) is 5.46. The summed E-state index contributed by atoms with van der Waals surface area (Å²) >= 11 is 0. The van der Waals surface area contributed by atoms with Crippen molar-refractivity contribution in [3.05, 3.63) is 103 Å². The van der Waals surface area contributed by atoms with Crippen LogP contribution < -0.4 is 10.1 Å². The molecule has 0 unspecified atom stereocenters. The van der Waals surface area contributed by atoms with Crippen molar-refractivity contribution in [1.82, 2.24) is 19.5 Å². The minimum absolute atomic E-state index is 0.230. The molecule has 6 nitrogen and oxygen atoms in total. The highest BCUT2D eigenvalue weighted by Crippen LogP contribution is 2.31. The van der Waals surface area contributed by atoms with Crippen LogP contribution in [0.5, 0.6) is 5.75 Å². The SMILES string of the molecule is COc1cccc([C@@H](Nc2nc(-c3ccccc3)nc3ccccc23)c2nccn2C)c1. The van der Waals surface area contributed by atoms with Gasteiger partial charge in [0, 0.05) is 30.4 Å². The van der Waals surface area contributed by atoms with E-state index in [0.29, 0.717) is 5.82 Å². The summed E-state index contributed by atoms with van der Waals surface area (Å²) in [6.45, 7) is 0. The van der Waals surface area contributed by atoms with E-state index < -0.39 is 0 Å². The minimum Gasteiger partial charge on any atom is -0.497 e. The molecule has 0 radical (unpaired) electrons. The number of benzene rings is 3. The Hall–Kier alpha value is -4.19. The first-order chi connectivity index (χ1) is 15.7. The molecule has 0 saturated heterocycles. The van der Waals surface area contributed by atoms with Gasteiger partial charge in [-0.2, -0.15) is 0 Å². The van der Waals surface area contributed by atoms with Crippen LogP contribution in [-0.4, -0.2) is 26.6 Å². The van der Waals surface area contributed by atoms with Crippen molar-refractivity contribution in [2.45, 2.75) is 6.04 Å². The topological polar surface area (TPSA) is 64.9 Å². The Morgan fingerprint density at radius 3 is 2.50 bits per heavy atom. The number of fused-ring (bicyclic) bond motifs is 1. The number of rotatable bonds is 6. The van der Waals surface area contributed by atoms with Gasteiger partial charge in [-0.25, -0.2) is 15.0 Å². The number of aryl methyl sites for hydroxylation is 1. The van der Waals surface area contributed by atoms with Crippen LogP contribution >= 0.6 is 0 Å². The minimum atomic E-state index is -0.230. The van der Waals surface area contributed by atoms with Gasteiger partial charge < -0.3 is 14.6 Å². The molecule has 0 aliphatic heterocycles. The van der Waals surface area contributed by atoms with Gasteiger partial charge in [-0.1, -0.05) is 54.6 Å². The Balaban J connectivity index is 1.66. The van der Waals surface area contributed by atoms with E-state index in [9.17, 15) is 0 Å². The van der Waals surface area contributed by atoms with Crippen LogP contribution in [0.4, 0.5) is 5.82 Å². The number of methoxy groups -OCH3 is 1. The van der Waals surface area contributed by atoms with Crippen LogP contribution in [-0.2, 0) is 7.05 Å². The first-order valence-electron chi connectivity index (χ1n) is 10.4. The molecule has 158 valence electrons. The number of ether oxygens (including phenoxy) is 1. The van der Waals surface area contributed by atoms with Gasteiger partial charge in [0.15, 0.2) is 5.82 Å². The molecule has 5 rings (SSSR count). The van der Waals surface area contributed by atoms with E-state index in [1.807, 2.05) is 90.6 Å². The molecular formula is C26H23N5O. The molecule has 2 heterocycles. The fraction of sp³-hybridized carbons (Fsp3) is 0.115. The Labute approximate surface area is 186 Å². The van der Waals surface area contributed by atoms with Gasteiger partial charge in [-0.3, -0.25) is 0 Å². The maximum atomic E-state index is 5.47. The molecule has 0 spiro atoms. The molecule has 0 fully saturated rings. The predicted octanol–water partition coefficient (Wildman–Crippen LogP) is 5.24. The number of para-hydroxylation sites is 1. The monoisotopic (exact) mass is 421 g/mol. The molecule has 2 aromatic heterocycles. The van der Waals surface area contributed by atoms with Crippen molar-refractivity contribution >= 4 is 16.7 Å². The summed E-state index contributed by atoms with van der Waals surface area (Å²) in [7, 11) is 3.66. The number of nitrogens with zero attached hydrogens (tertiary/aromatic N) is 4. The van der Waals surface area contributed by atoms with Crippen molar-refractivity contribution in [1.29, 1.82) is 0 Å². The molecule has 0 saturated carbocycles. The second kappa shape index (κ2) is 8.51. The van der Waals surface area contributed by atoms with Crippen molar-refractivity contribution < 1.29 is 4.74 Å². The van der Waals surface area contributed by atoms with Crippen molar-refractivity contribution in [3.63, 3.8) is 0 Å². The summed E-state index contributed by atoms with van der Waals surface area (Å²) in [5.74, 6) is 3.10. The molecule has 3 aromatic carbocycles. The number of hydrogen-bond donors (Lipinski definition) is 1. The highest BCUT2D eigenvalue weighted by Gasteiger charge is 2.21. The second-order valence-electron chi connectivity index (χ2n) is 7.53.